The van der Waals surface area contributed by atoms with Gasteiger partial charge in [0.1, 0.15) is 0 Å². The van der Waals surface area contributed by atoms with Crippen molar-refractivity contribution in [2.75, 3.05) is 12.3 Å². The first-order valence-electron chi connectivity index (χ1n) is 7.19. The molecule has 0 aliphatic carbocycles. The number of nitrogens with one attached hydrogen (secondary N) is 1. The number of rotatable bonds is 5. The van der Waals surface area contributed by atoms with Gasteiger partial charge in [0.05, 0.1) is 0 Å². The zero-order valence-corrected chi connectivity index (χ0v) is 14.4. The molecule has 1 unspecified atom stereocenters. The Bertz CT molecular complexity index is 418. The molecular weight excluding hydrogens is 250 g/mol. The quantitative estimate of drug-likeness (QED) is 0.831. The van der Waals surface area contributed by atoms with Gasteiger partial charge in [0.2, 0.25) is 0 Å². The lowest BCUT2D eigenvalue weighted by atomic mass is 9.96. The average Bonchev–Trinajstić information content (AvgIpc) is 2.28. The topological polar surface area (TPSA) is 12.0 Å². The molecule has 1 rings (SSSR count). The summed E-state index contributed by atoms with van der Waals surface area (Å²) < 4.78 is 0.321. The highest BCUT2D eigenvalue weighted by Crippen LogP contribution is 2.30. The lowest BCUT2D eigenvalue weighted by Gasteiger charge is -2.25. The van der Waals surface area contributed by atoms with E-state index < -0.39 is 0 Å². The minimum atomic E-state index is 0.321. The van der Waals surface area contributed by atoms with Crippen LogP contribution in [0.4, 0.5) is 0 Å². The second-order valence-corrected chi connectivity index (χ2v) is 8.17. The van der Waals surface area contributed by atoms with Gasteiger partial charge in [0, 0.05) is 16.5 Å². The standard InChI is InChI=1S/C17H29NS/c1-8-18-16(11-19-17(5,6)7)15-10-13(3)12(2)9-14(15)4/h9-10,16,18H,8,11H2,1-7H3. The monoisotopic (exact) mass is 279 g/mol. The summed E-state index contributed by atoms with van der Waals surface area (Å²) in [6, 6.07) is 5.13. The van der Waals surface area contributed by atoms with E-state index in [0.717, 1.165) is 12.3 Å². The Morgan fingerprint density at radius 2 is 1.63 bits per heavy atom. The molecule has 0 spiro atoms. The van der Waals surface area contributed by atoms with Gasteiger partial charge in [-0.1, -0.05) is 39.8 Å². The summed E-state index contributed by atoms with van der Waals surface area (Å²) in [4.78, 5) is 0. The van der Waals surface area contributed by atoms with Crippen molar-refractivity contribution < 1.29 is 0 Å². The molecule has 1 atom stereocenters. The number of thioether (sulfide) groups is 1. The maximum Gasteiger partial charge on any atom is 0.0414 e. The highest BCUT2D eigenvalue weighted by molar-refractivity contribution is 8.00. The summed E-state index contributed by atoms with van der Waals surface area (Å²) in [5, 5.41) is 3.64. The Balaban J connectivity index is 2.95. The first-order chi connectivity index (χ1) is 8.74. The molecule has 0 heterocycles. The first-order valence-corrected chi connectivity index (χ1v) is 8.18. The van der Waals surface area contributed by atoms with Crippen molar-refractivity contribution in [2.45, 2.75) is 59.3 Å². The zero-order valence-electron chi connectivity index (χ0n) is 13.6. The molecule has 0 amide bonds. The van der Waals surface area contributed by atoms with Gasteiger partial charge in [0.25, 0.3) is 0 Å². The normalized spacial score (nSPS) is 13.6. The zero-order chi connectivity index (χ0) is 14.6. The van der Waals surface area contributed by atoms with Crippen LogP contribution in [0.3, 0.4) is 0 Å². The van der Waals surface area contributed by atoms with Crippen molar-refractivity contribution in [1.29, 1.82) is 0 Å². The van der Waals surface area contributed by atoms with Crippen LogP contribution in [-0.4, -0.2) is 17.0 Å². The summed E-state index contributed by atoms with van der Waals surface area (Å²) >= 11 is 2.03. The van der Waals surface area contributed by atoms with Crippen molar-refractivity contribution >= 4 is 11.8 Å². The van der Waals surface area contributed by atoms with E-state index in [1.807, 2.05) is 11.8 Å². The second-order valence-electron chi connectivity index (χ2n) is 6.33. The number of benzene rings is 1. The first kappa shape index (κ1) is 16.6. The van der Waals surface area contributed by atoms with Crippen molar-refractivity contribution in [1.82, 2.24) is 5.32 Å². The van der Waals surface area contributed by atoms with E-state index in [1.165, 1.54) is 22.3 Å². The molecule has 0 aromatic heterocycles. The number of hydrogen-bond acceptors (Lipinski definition) is 2. The van der Waals surface area contributed by atoms with E-state index in [0.29, 0.717) is 10.8 Å². The third-order valence-electron chi connectivity index (χ3n) is 3.39. The average molecular weight is 279 g/mol. The molecule has 19 heavy (non-hydrogen) atoms. The van der Waals surface area contributed by atoms with Gasteiger partial charge >= 0.3 is 0 Å². The van der Waals surface area contributed by atoms with Crippen LogP contribution in [0.5, 0.6) is 0 Å². The van der Waals surface area contributed by atoms with E-state index >= 15 is 0 Å². The van der Waals surface area contributed by atoms with Crippen LogP contribution in [0.25, 0.3) is 0 Å². The van der Waals surface area contributed by atoms with Crippen molar-refractivity contribution in [3.63, 3.8) is 0 Å². The van der Waals surface area contributed by atoms with Crippen molar-refractivity contribution in [3.8, 4) is 0 Å². The van der Waals surface area contributed by atoms with Crippen LogP contribution in [0.2, 0.25) is 0 Å². The fourth-order valence-electron chi connectivity index (χ4n) is 2.20. The molecule has 0 fully saturated rings. The fourth-order valence-corrected chi connectivity index (χ4v) is 3.16. The number of hydrogen-bond donors (Lipinski definition) is 1. The SMILES string of the molecule is CCNC(CSC(C)(C)C)c1cc(C)c(C)cc1C. The molecule has 0 aliphatic heterocycles. The Morgan fingerprint density at radius 1 is 1.05 bits per heavy atom. The Morgan fingerprint density at radius 3 is 2.16 bits per heavy atom. The van der Waals surface area contributed by atoms with Gasteiger partial charge in [-0.05, 0) is 49.6 Å². The van der Waals surface area contributed by atoms with E-state index in [9.17, 15) is 0 Å². The molecule has 1 nitrogen and oxygen atoms in total. The molecule has 0 saturated heterocycles. The van der Waals surface area contributed by atoms with Crippen LogP contribution in [0.1, 0.15) is 56.0 Å². The van der Waals surface area contributed by atoms with Crippen LogP contribution in [-0.2, 0) is 0 Å². The van der Waals surface area contributed by atoms with E-state index in [-0.39, 0.29) is 0 Å². The third kappa shape index (κ3) is 5.19. The largest absolute Gasteiger partial charge is 0.310 e. The predicted octanol–water partition coefficient (Wildman–Crippen LogP) is 4.79. The Kier molecular flexibility index (Phi) is 5.94. The lowest BCUT2D eigenvalue weighted by molar-refractivity contribution is 0.599. The van der Waals surface area contributed by atoms with Gasteiger partial charge in [-0.25, -0.2) is 0 Å². The molecule has 1 aromatic rings. The smallest absolute Gasteiger partial charge is 0.0414 e. The Hall–Kier alpha value is -0.470. The minimum Gasteiger partial charge on any atom is -0.310 e. The molecule has 108 valence electrons. The van der Waals surface area contributed by atoms with Crippen molar-refractivity contribution in [3.05, 3.63) is 34.4 Å². The van der Waals surface area contributed by atoms with E-state index in [1.54, 1.807) is 0 Å². The minimum absolute atomic E-state index is 0.321. The summed E-state index contributed by atoms with van der Waals surface area (Å²) in [5.41, 5.74) is 5.65. The van der Waals surface area contributed by atoms with Crippen molar-refractivity contribution in [2.24, 2.45) is 0 Å². The Labute approximate surface area is 123 Å². The van der Waals surface area contributed by atoms with E-state index in [2.05, 4.69) is 65.9 Å². The second kappa shape index (κ2) is 6.81. The lowest BCUT2D eigenvalue weighted by Crippen LogP contribution is -2.26. The molecule has 1 N–H and O–H groups in total. The molecule has 2 heteroatoms. The summed E-state index contributed by atoms with van der Waals surface area (Å²) in [6.45, 7) is 16.7. The van der Waals surface area contributed by atoms with Gasteiger partial charge in [-0.15, -0.1) is 0 Å². The maximum absolute atomic E-state index is 3.64. The predicted molar refractivity (Wildman–Crippen MR) is 89.3 cm³/mol. The van der Waals surface area contributed by atoms with Gasteiger partial charge in [-0.3, -0.25) is 0 Å². The molecule has 0 aliphatic rings. The fraction of sp³-hybridized carbons (Fsp3) is 0.647. The van der Waals surface area contributed by atoms with Crippen LogP contribution < -0.4 is 5.32 Å². The van der Waals surface area contributed by atoms with Crippen LogP contribution in [0, 0.1) is 20.8 Å². The molecular formula is C17H29NS. The third-order valence-corrected chi connectivity index (χ3v) is 4.76. The summed E-state index contributed by atoms with van der Waals surface area (Å²) in [5.74, 6) is 1.13. The molecule has 0 radical (unpaired) electrons. The van der Waals surface area contributed by atoms with Gasteiger partial charge < -0.3 is 5.32 Å². The molecule has 0 saturated carbocycles. The summed E-state index contributed by atoms with van der Waals surface area (Å²) in [6.07, 6.45) is 0. The number of aryl methyl sites for hydroxylation is 3. The van der Waals surface area contributed by atoms with Gasteiger partial charge in [-0.2, -0.15) is 11.8 Å². The maximum atomic E-state index is 3.64. The van der Waals surface area contributed by atoms with E-state index in [4.69, 9.17) is 0 Å². The highest BCUT2D eigenvalue weighted by Gasteiger charge is 2.18. The summed E-state index contributed by atoms with van der Waals surface area (Å²) in [7, 11) is 0. The van der Waals surface area contributed by atoms with Crippen LogP contribution in [0.15, 0.2) is 12.1 Å². The van der Waals surface area contributed by atoms with Crippen LogP contribution >= 0.6 is 11.8 Å². The molecule has 0 bridgehead atoms. The highest BCUT2D eigenvalue weighted by atomic mass is 32.2. The molecule has 1 aromatic carbocycles. The van der Waals surface area contributed by atoms with Gasteiger partial charge in [0.15, 0.2) is 0 Å².